The van der Waals surface area contributed by atoms with Gasteiger partial charge in [-0.05, 0) is 61.5 Å². The summed E-state index contributed by atoms with van der Waals surface area (Å²) in [5.41, 5.74) is 2.78. The first kappa shape index (κ1) is 32.6. The lowest BCUT2D eigenvalue weighted by atomic mass is 10.0. The second-order valence-corrected chi connectivity index (χ2v) is 11.6. The van der Waals surface area contributed by atoms with Crippen LogP contribution < -0.4 is 0 Å². The molecule has 2 atom stereocenters. The van der Waals surface area contributed by atoms with Crippen molar-refractivity contribution < 1.29 is 22.8 Å². The van der Waals surface area contributed by atoms with E-state index in [0.29, 0.717) is 25.1 Å². The number of likely N-dealkylation sites (N-methyl/N-ethyl adjacent to an activating group) is 1. The molecule has 10 heteroatoms. The largest absolute Gasteiger partial charge is 0.433 e. The molecule has 46 heavy (non-hydrogen) atoms. The van der Waals surface area contributed by atoms with E-state index in [9.17, 15) is 22.8 Å². The maximum atomic E-state index is 14.3. The average Bonchev–Trinajstić information content (AvgIpc) is 3.57. The molecule has 1 unspecified atom stereocenters. The standard InChI is InChI=1S/C36H36F3N5O2/c1-42(2)30-19-21-43(25-30)35(46)32(22-26-8-4-3-5-9-26)44(24-28-11-15-29(16-12-28)31-10-6-7-20-40-31)34(45)18-14-27-13-17-33(41-23-27)36(37,38)39/h3-18,20,23,30,32H,19,21-22,24-25H2,1-2H3/t30?,32-/m0/s1. The fourth-order valence-corrected chi connectivity index (χ4v) is 5.53. The maximum absolute atomic E-state index is 14.3. The predicted molar refractivity (Wildman–Crippen MR) is 171 cm³/mol. The van der Waals surface area contributed by atoms with Gasteiger partial charge in [-0.25, -0.2) is 0 Å². The zero-order valence-electron chi connectivity index (χ0n) is 25.8. The highest BCUT2D eigenvalue weighted by Gasteiger charge is 2.36. The third kappa shape index (κ3) is 8.25. The van der Waals surface area contributed by atoms with Gasteiger partial charge in [-0.15, -0.1) is 0 Å². The van der Waals surface area contributed by atoms with Gasteiger partial charge in [0, 0.05) is 56.1 Å². The molecule has 0 bridgehead atoms. The minimum atomic E-state index is -4.56. The second kappa shape index (κ2) is 14.5. The summed E-state index contributed by atoms with van der Waals surface area (Å²) in [7, 11) is 3.98. The normalized spacial score (nSPS) is 15.8. The Morgan fingerprint density at radius 3 is 2.28 bits per heavy atom. The average molecular weight is 628 g/mol. The van der Waals surface area contributed by atoms with Crippen molar-refractivity contribution in [2.45, 2.75) is 37.6 Å². The van der Waals surface area contributed by atoms with Gasteiger partial charge in [-0.2, -0.15) is 13.2 Å². The fraction of sp³-hybridized carbons (Fsp3) is 0.278. The Kier molecular flexibility index (Phi) is 10.3. The summed E-state index contributed by atoms with van der Waals surface area (Å²) in [6, 6.07) is 24.5. The Balaban J connectivity index is 1.47. The number of rotatable bonds is 10. The molecule has 0 N–H and O–H groups in total. The number of pyridine rings is 2. The number of carbonyl (C=O) groups excluding carboxylic acids is 2. The third-order valence-corrected chi connectivity index (χ3v) is 8.18. The van der Waals surface area contributed by atoms with E-state index in [2.05, 4.69) is 14.9 Å². The number of likely N-dealkylation sites (tertiary alicyclic amines) is 1. The minimum absolute atomic E-state index is 0.142. The summed E-state index contributed by atoms with van der Waals surface area (Å²) in [6.45, 7) is 1.29. The van der Waals surface area contributed by atoms with Gasteiger partial charge >= 0.3 is 6.18 Å². The lowest BCUT2D eigenvalue weighted by Crippen LogP contribution is -2.51. The molecule has 1 aliphatic heterocycles. The smallest absolute Gasteiger partial charge is 0.339 e. The molecule has 5 rings (SSSR count). The number of alkyl halides is 3. The molecule has 0 radical (unpaired) electrons. The van der Waals surface area contributed by atoms with Gasteiger partial charge < -0.3 is 14.7 Å². The number of nitrogens with zero attached hydrogens (tertiary/aromatic N) is 5. The Morgan fingerprint density at radius 1 is 0.935 bits per heavy atom. The summed E-state index contributed by atoms with van der Waals surface area (Å²) < 4.78 is 39.1. The van der Waals surface area contributed by atoms with Crippen LogP contribution in [0.4, 0.5) is 13.2 Å². The van der Waals surface area contributed by atoms with Crippen molar-refractivity contribution >= 4 is 17.9 Å². The van der Waals surface area contributed by atoms with Crippen molar-refractivity contribution in [3.63, 3.8) is 0 Å². The van der Waals surface area contributed by atoms with Crippen molar-refractivity contribution in [3.8, 4) is 11.3 Å². The summed E-state index contributed by atoms with van der Waals surface area (Å²) >= 11 is 0. The maximum Gasteiger partial charge on any atom is 0.433 e. The highest BCUT2D eigenvalue weighted by atomic mass is 19.4. The van der Waals surface area contributed by atoms with E-state index in [-0.39, 0.29) is 18.5 Å². The van der Waals surface area contributed by atoms with E-state index < -0.39 is 23.8 Å². The molecule has 0 saturated carbocycles. The molecule has 3 heterocycles. The Labute approximate surface area is 267 Å². The van der Waals surface area contributed by atoms with E-state index in [0.717, 1.165) is 41.1 Å². The van der Waals surface area contributed by atoms with Crippen molar-refractivity contribution in [1.82, 2.24) is 24.7 Å². The van der Waals surface area contributed by atoms with Crippen LogP contribution in [-0.4, -0.2) is 75.8 Å². The molecule has 1 saturated heterocycles. The zero-order valence-corrected chi connectivity index (χ0v) is 25.8. The number of carbonyl (C=O) groups is 2. The summed E-state index contributed by atoms with van der Waals surface area (Å²) in [5, 5.41) is 0. The van der Waals surface area contributed by atoms with Crippen LogP contribution >= 0.6 is 0 Å². The molecule has 0 aliphatic carbocycles. The molecule has 1 fully saturated rings. The van der Waals surface area contributed by atoms with Crippen LogP contribution in [0.3, 0.4) is 0 Å². The number of hydrogen-bond donors (Lipinski definition) is 0. The number of amides is 2. The summed E-state index contributed by atoms with van der Waals surface area (Å²) in [4.78, 5) is 41.7. The molecular formula is C36H36F3N5O2. The van der Waals surface area contributed by atoms with Gasteiger partial charge in [0.15, 0.2) is 0 Å². The fourth-order valence-electron chi connectivity index (χ4n) is 5.53. The van der Waals surface area contributed by atoms with Crippen LogP contribution in [0.25, 0.3) is 17.3 Å². The molecule has 0 spiro atoms. The lowest BCUT2D eigenvalue weighted by Gasteiger charge is -2.33. The van der Waals surface area contributed by atoms with E-state index in [4.69, 9.17) is 0 Å². The molecule has 7 nitrogen and oxygen atoms in total. The van der Waals surface area contributed by atoms with Gasteiger partial charge in [0.05, 0.1) is 5.69 Å². The monoisotopic (exact) mass is 627 g/mol. The van der Waals surface area contributed by atoms with Gasteiger partial charge in [0.1, 0.15) is 11.7 Å². The van der Waals surface area contributed by atoms with E-state index in [1.165, 1.54) is 18.2 Å². The van der Waals surface area contributed by atoms with E-state index >= 15 is 0 Å². The van der Waals surface area contributed by atoms with Crippen molar-refractivity contribution in [2.75, 3.05) is 27.2 Å². The van der Waals surface area contributed by atoms with Gasteiger partial charge in [-0.3, -0.25) is 19.6 Å². The Morgan fingerprint density at radius 2 is 1.67 bits per heavy atom. The first-order valence-electron chi connectivity index (χ1n) is 15.1. The van der Waals surface area contributed by atoms with Crippen molar-refractivity contribution in [3.05, 3.63) is 126 Å². The molecule has 4 aromatic rings. The summed E-state index contributed by atoms with van der Waals surface area (Å²) in [6.07, 6.45) is 2.09. The Bertz CT molecular complexity index is 1630. The van der Waals surface area contributed by atoms with Crippen LogP contribution in [0.5, 0.6) is 0 Å². The van der Waals surface area contributed by atoms with Crippen LogP contribution in [0, 0.1) is 0 Å². The second-order valence-electron chi connectivity index (χ2n) is 11.6. The predicted octanol–water partition coefficient (Wildman–Crippen LogP) is 5.98. The molecule has 1 aliphatic rings. The number of aromatic nitrogens is 2. The highest BCUT2D eigenvalue weighted by molar-refractivity contribution is 5.95. The zero-order chi connectivity index (χ0) is 32.7. The van der Waals surface area contributed by atoms with Gasteiger partial charge in [0.2, 0.25) is 11.8 Å². The lowest BCUT2D eigenvalue weighted by molar-refractivity contribution is -0.143. The molecule has 238 valence electrons. The first-order valence-corrected chi connectivity index (χ1v) is 15.1. The number of hydrogen-bond acceptors (Lipinski definition) is 5. The van der Waals surface area contributed by atoms with E-state index in [1.54, 1.807) is 11.1 Å². The van der Waals surface area contributed by atoms with Crippen molar-refractivity contribution in [2.24, 2.45) is 0 Å². The topological polar surface area (TPSA) is 69.6 Å². The van der Waals surface area contributed by atoms with Crippen LogP contribution in [0.15, 0.2) is 103 Å². The molecule has 2 aromatic heterocycles. The quantitative estimate of drug-likeness (QED) is 0.203. The number of benzene rings is 2. The molecular weight excluding hydrogens is 591 g/mol. The highest BCUT2D eigenvalue weighted by Crippen LogP contribution is 2.27. The van der Waals surface area contributed by atoms with Crippen molar-refractivity contribution in [1.29, 1.82) is 0 Å². The first-order chi connectivity index (χ1) is 22.1. The van der Waals surface area contributed by atoms with Gasteiger partial charge in [-0.1, -0.05) is 66.7 Å². The van der Waals surface area contributed by atoms with Crippen LogP contribution in [0.2, 0.25) is 0 Å². The Hall–Kier alpha value is -4.83. The third-order valence-electron chi connectivity index (χ3n) is 8.18. The molecule has 2 aromatic carbocycles. The summed E-state index contributed by atoms with van der Waals surface area (Å²) in [5.74, 6) is -0.581. The van der Waals surface area contributed by atoms with Crippen LogP contribution in [-0.2, 0) is 28.7 Å². The SMILES string of the molecule is CN(C)C1CCN(C(=O)[C@H](Cc2ccccc2)N(Cc2ccc(-c3ccccn3)cc2)C(=O)C=Cc2ccc(C(F)(F)F)nc2)C1. The molecule has 2 amide bonds. The van der Waals surface area contributed by atoms with Crippen LogP contribution in [0.1, 0.15) is 28.8 Å². The minimum Gasteiger partial charge on any atom is -0.339 e. The van der Waals surface area contributed by atoms with E-state index in [1.807, 2.05) is 91.8 Å². The van der Waals surface area contributed by atoms with Gasteiger partial charge in [0.25, 0.3) is 0 Å². The number of halogens is 3.